The number of benzene rings is 2. The highest BCUT2D eigenvalue weighted by Crippen LogP contribution is 2.33. The second-order valence-electron chi connectivity index (χ2n) is 6.60. The Balaban J connectivity index is 1.79. The summed E-state index contributed by atoms with van der Waals surface area (Å²) in [7, 11) is -2.54. The highest BCUT2D eigenvalue weighted by atomic mass is 32.2. The van der Waals surface area contributed by atoms with E-state index in [1.807, 2.05) is 18.2 Å². The molecule has 0 amide bonds. The molecule has 2 aromatic carbocycles. The molecule has 30 heavy (non-hydrogen) atoms. The van der Waals surface area contributed by atoms with Crippen LogP contribution in [0.3, 0.4) is 0 Å². The average Bonchev–Trinajstić information content (AvgIpc) is 3.19. The van der Waals surface area contributed by atoms with Crippen molar-refractivity contribution in [2.75, 3.05) is 19.0 Å². The molecule has 0 aliphatic heterocycles. The Morgan fingerprint density at radius 1 is 1.17 bits per heavy atom. The Labute approximate surface area is 176 Å². The Kier molecular flexibility index (Phi) is 5.52. The molecule has 9 nitrogen and oxygen atoms in total. The van der Waals surface area contributed by atoms with Crippen molar-refractivity contribution >= 4 is 54.0 Å². The third-order valence-corrected chi connectivity index (χ3v) is 6.63. The van der Waals surface area contributed by atoms with E-state index >= 15 is 0 Å². The first-order valence-electron chi connectivity index (χ1n) is 8.98. The quantitative estimate of drug-likeness (QED) is 0.396. The predicted octanol–water partition coefficient (Wildman–Crippen LogP) is 2.65. The molecule has 0 spiro atoms. The van der Waals surface area contributed by atoms with Gasteiger partial charge in [-0.05, 0) is 31.2 Å². The van der Waals surface area contributed by atoms with Gasteiger partial charge in [0.25, 0.3) is 0 Å². The number of nitrogens with one attached hydrogen (secondary N) is 2. The van der Waals surface area contributed by atoms with Crippen molar-refractivity contribution in [2.24, 2.45) is 0 Å². The van der Waals surface area contributed by atoms with E-state index in [4.69, 9.17) is 4.74 Å². The number of hydrogen-bond donors (Lipinski definition) is 3. The zero-order chi connectivity index (χ0) is 21.3. The molecule has 4 rings (SSSR count). The number of nitrogens with zero attached hydrogens (tertiary/aromatic N) is 3. The summed E-state index contributed by atoms with van der Waals surface area (Å²) in [5, 5.41) is 13.2. The maximum atomic E-state index is 12.8. The minimum Gasteiger partial charge on any atom is -0.495 e. The Hall–Kier alpha value is -2.86. The van der Waals surface area contributed by atoms with Crippen LogP contribution in [0.15, 0.2) is 47.1 Å². The van der Waals surface area contributed by atoms with Crippen LogP contribution in [0.2, 0.25) is 0 Å². The van der Waals surface area contributed by atoms with Gasteiger partial charge in [-0.1, -0.05) is 0 Å². The van der Waals surface area contributed by atoms with Crippen molar-refractivity contribution in [3.63, 3.8) is 0 Å². The summed E-state index contributed by atoms with van der Waals surface area (Å²) in [5.41, 5.74) is 3.92. The molecule has 3 N–H and O–H groups in total. The van der Waals surface area contributed by atoms with E-state index in [1.54, 1.807) is 22.9 Å². The number of aliphatic hydroxyl groups excluding tert-OH is 1. The number of anilines is 2. The molecule has 0 aliphatic rings. The number of hydrogen-bond acceptors (Lipinski definition) is 9. The summed E-state index contributed by atoms with van der Waals surface area (Å²) in [6.07, 6.45) is 0.568. The second-order valence-corrected chi connectivity index (χ2v) is 9.22. The van der Waals surface area contributed by atoms with Gasteiger partial charge in [0.1, 0.15) is 22.8 Å². The van der Waals surface area contributed by atoms with Crippen LogP contribution in [-0.4, -0.2) is 48.2 Å². The van der Waals surface area contributed by atoms with E-state index < -0.39 is 16.1 Å². The molecular weight excluding hydrogens is 426 g/mol. The van der Waals surface area contributed by atoms with Crippen LogP contribution in [0.5, 0.6) is 5.75 Å². The van der Waals surface area contributed by atoms with Crippen LogP contribution in [0.4, 0.5) is 11.5 Å². The van der Waals surface area contributed by atoms with E-state index in [-0.39, 0.29) is 17.2 Å². The van der Waals surface area contributed by atoms with Gasteiger partial charge in [0.2, 0.25) is 10.0 Å². The molecule has 2 aromatic heterocycles. The maximum absolute atomic E-state index is 12.8. The van der Waals surface area contributed by atoms with Crippen LogP contribution >= 0.6 is 11.3 Å². The fraction of sp³-hybridized carbons (Fsp3) is 0.211. The van der Waals surface area contributed by atoms with E-state index in [1.165, 1.54) is 26.4 Å². The van der Waals surface area contributed by atoms with E-state index in [2.05, 4.69) is 25.0 Å². The van der Waals surface area contributed by atoms with Crippen LogP contribution in [-0.2, 0) is 10.0 Å². The van der Waals surface area contributed by atoms with Crippen LogP contribution in [0, 0.1) is 0 Å². The lowest BCUT2D eigenvalue weighted by Crippen LogP contribution is -2.30. The number of aliphatic hydroxyl groups is 1. The molecule has 4 aromatic rings. The van der Waals surface area contributed by atoms with Crippen LogP contribution in [0.1, 0.15) is 6.92 Å². The van der Waals surface area contributed by atoms with Crippen molar-refractivity contribution in [2.45, 2.75) is 17.9 Å². The fourth-order valence-electron chi connectivity index (χ4n) is 2.91. The predicted molar refractivity (Wildman–Crippen MR) is 116 cm³/mol. The van der Waals surface area contributed by atoms with Crippen molar-refractivity contribution in [3.8, 4) is 5.75 Å². The van der Waals surface area contributed by atoms with Crippen molar-refractivity contribution in [1.82, 2.24) is 19.7 Å². The van der Waals surface area contributed by atoms with E-state index in [0.717, 1.165) is 15.9 Å². The number of methoxy groups -OCH3 is 1. The molecule has 0 saturated carbocycles. The summed E-state index contributed by atoms with van der Waals surface area (Å²) in [6, 6.07) is 8.76. The molecule has 11 heteroatoms. The van der Waals surface area contributed by atoms with Crippen molar-refractivity contribution < 1.29 is 18.3 Å². The smallest absolute Gasteiger partial charge is 0.244 e. The monoisotopic (exact) mass is 445 g/mol. The van der Waals surface area contributed by atoms with Gasteiger partial charge in [-0.3, -0.25) is 0 Å². The molecular formula is C19H19N5O4S2. The van der Waals surface area contributed by atoms with Crippen LogP contribution in [0.25, 0.3) is 21.1 Å². The average molecular weight is 446 g/mol. The number of thiazole rings is 1. The Bertz CT molecular complexity index is 1320. The highest BCUT2D eigenvalue weighted by Gasteiger charge is 2.22. The highest BCUT2D eigenvalue weighted by molar-refractivity contribution is 7.89. The first kappa shape index (κ1) is 20.4. The zero-order valence-electron chi connectivity index (χ0n) is 16.2. The summed E-state index contributed by atoms with van der Waals surface area (Å²) < 4.78 is 34.3. The molecule has 0 bridgehead atoms. The summed E-state index contributed by atoms with van der Waals surface area (Å²) in [6.45, 7) is 1.38. The molecule has 2 heterocycles. The minimum atomic E-state index is -3.93. The number of sulfonamides is 1. The molecule has 0 fully saturated rings. The number of rotatable bonds is 7. The van der Waals surface area contributed by atoms with Crippen LogP contribution < -0.4 is 14.8 Å². The number of fused-ring (bicyclic) bond motifs is 2. The Morgan fingerprint density at radius 3 is 2.77 bits per heavy atom. The molecule has 1 atom stereocenters. The normalized spacial score (nSPS) is 12.9. The molecule has 0 saturated heterocycles. The lowest BCUT2D eigenvalue weighted by atomic mass is 10.2. The summed E-state index contributed by atoms with van der Waals surface area (Å²) >= 11 is 1.55. The van der Waals surface area contributed by atoms with Gasteiger partial charge in [0, 0.05) is 23.7 Å². The first-order chi connectivity index (χ1) is 14.4. The van der Waals surface area contributed by atoms with Gasteiger partial charge in [-0.25, -0.2) is 28.1 Å². The summed E-state index contributed by atoms with van der Waals surface area (Å²) in [4.78, 5) is 12.8. The van der Waals surface area contributed by atoms with Gasteiger partial charge in [-0.15, -0.1) is 11.3 Å². The van der Waals surface area contributed by atoms with E-state index in [9.17, 15) is 13.5 Å². The third-order valence-electron chi connectivity index (χ3n) is 4.37. The van der Waals surface area contributed by atoms with Crippen molar-refractivity contribution in [3.05, 3.63) is 42.2 Å². The lowest BCUT2D eigenvalue weighted by Gasteiger charge is -2.14. The fourth-order valence-corrected chi connectivity index (χ4v) is 4.87. The first-order valence-corrected chi connectivity index (χ1v) is 11.3. The number of ether oxygens (including phenoxy) is 1. The van der Waals surface area contributed by atoms with Crippen molar-refractivity contribution in [1.29, 1.82) is 0 Å². The van der Waals surface area contributed by atoms with Gasteiger partial charge in [0.05, 0.1) is 34.5 Å². The number of aromatic nitrogens is 3. The second kappa shape index (κ2) is 8.11. The largest absolute Gasteiger partial charge is 0.495 e. The Morgan fingerprint density at radius 2 is 2.00 bits per heavy atom. The SMILES string of the molecule is COc1cc2ncnc(Nc3ccc4scnc4c3)c2cc1S(=O)(=O)NCC(C)O. The zero-order valence-corrected chi connectivity index (χ0v) is 17.8. The molecule has 1 unspecified atom stereocenters. The summed E-state index contributed by atoms with van der Waals surface area (Å²) in [5.74, 6) is 0.596. The topological polar surface area (TPSA) is 126 Å². The molecule has 0 radical (unpaired) electrons. The van der Waals surface area contributed by atoms with Gasteiger partial charge in [0.15, 0.2) is 0 Å². The lowest BCUT2D eigenvalue weighted by molar-refractivity contribution is 0.198. The van der Waals surface area contributed by atoms with E-state index in [0.29, 0.717) is 16.7 Å². The van der Waals surface area contributed by atoms with Gasteiger partial charge in [-0.2, -0.15) is 0 Å². The molecule has 0 aliphatic carbocycles. The molecule has 156 valence electrons. The van der Waals surface area contributed by atoms with Gasteiger partial charge >= 0.3 is 0 Å². The van der Waals surface area contributed by atoms with Gasteiger partial charge < -0.3 is 15.2 Å². The minimum absolute atomic E-state index is 0.0639. The standard InChI is InChI=1S/C19H19N5O4S2/c1-11(25)8-23-30(26,27)18-6-13-14(7-16(18)28-2)20-9-21-19(13)24-12-3-4-17-15(5-12)22-10-29-17/h3-7,9-11,23,25H,8H2,1-2H3,(H,20,21,24). The third kappa shape index (κ3) is 4.05. The maximum Gasteiger partial charge on any atom is 0.244 e.